The molecule has 0 spiro atoms. The fourth-order valence-electron chi connectivity index (χ4n) is 3.66. The van der Waals surface area contributed by atoms with Crippen LogP contribution in [0.2, 0.25) is 5.02 Å². The first-order valence-electron chi connectivity index (χ1n) is 8.52. The van der Waals surface area contributed by atoms with E-state index in [2.05, 4.69) is 39.4 Å². The molecule has 1 aliphatic rings. The Morgan fingerprint density at radius 1 is 1.12 bits per heavy atom. The molecule has 0 saturated carbocycles. The maximum atomic E-state index is 6.42. The number of hydrogen-bond acceptors (Lipinski definition) is 3. The van der Waals surface area contributed by atoms with E-state index in [0.717, 1.165) is 35.9 Å². The van der Waals surface area contributed by atoms with Crippen LogP contribution < -0.4 is 5.73 Å². The van der Waals surface area contributed by atoms with E-state index in [-0.39, 0.29) is 18.4 Å². The smallest absolute Gasteiger partial charge is 0.0695 e. The van der Waals surface area contributed by atoms with Crippen LogP contribution in [0.3, 0.4) is 0 Å². The van der Waals surface area contributed by atoms with Crippen molar-refractivity contribution >= 4 is 24.0 Å². The minimum Gasteiger partial charge on any atom is -0.326 e. The number of benzene rings is 2. The van der Waals surface area contributed by atoms with Crippen molar-refractivity contribution in [1.82, 2.24) is 15.1 Å². The lowest BCUT2D eigenvalue weighted by atomic mass is 9.95. The lowest BCUT2D eigenvalue weighted by molar-refractivity contribution is 0.324. The zero-order valence-corrected chi connectivity index (χ0v) is 15.9. The molecule has 3 aromatic rings. The van der Waals surface area contributed by atoms with Gasteiger partial charge in [0.25, 0.3) is 0 Å². The second-order valence-corrected chi connectivity index (χ2v) is 7.09. The van der Waals surface area contributed by atoms with E-state index < -0.39 is 0 Å². The summed E-state index contributed by atoms with van der Waals surface area (Å²) in [5.41, 5.74) is 11.0. The summed E-state index contributed by atoms with van der Waals surface area (Å²) in [4.78, 5) is 2.40. The van der Waals surface area contributed by atoms with Crippen molar-refractivity contribution in [2.24, 2.45) is 5.73 Å². The molecular formula is C20H22Cl2N4. The predicted molar refractivity (Wildman–Crippen MR) is 109 cm³/mol. The van der Waals surface area contributed by atoms with Crippen molar-refractivity contribution < 1.29 is 0 Å². The number of H-pyrrole nitrogens is 1. The molecule has 0 radical (unpaired) electrons. The lowest BCUT2D eigenvalue weighted by Gasteiger charge is -2.16. The van der Waals surface area contributed by atoms with Gasteiger partial charge in [-0.15, -0.1) is 12.4 Å². The highest BCUT2D eigenvalue weighted by molar-refractivity contribution is 6.30. The van der Waals surface area contributed by atoms with Gasteiger partial charge in [-0.3, -0.25) is 10.00 Å². The fourth-order valence-corrected chi connectivity index (χ4v) is 3.85. The molecule has 2 heterocycles. The van der Waals surface area contributed by atoms with Gasteiger partial charge in [0.2, 0.25) is 0 Å². The highest BCUT2D eigenvalue weighted by atomic mass is 35.5. The monoisotopic (exact) mass is 388 g/mol. The molecule has 1 fully saturated rings. The second kappa shape index (κ2) is 8.23. The number of nitrogens with two attached hydrogens (primary N) is 1. The average molecular weight is 389 g/mol. The van der Waals surface area contributed by atoms with Crippen LogP contribution in [0.5, 0.6) is 0 Å². The van der Waals surface area contributed by atoms with Crippen LogP contribution in [-0.4, -0.2) is 34.2 Å². The molecule has 6 heteroatoms. The number of rotatable bonds is 4. The average Bonchev–Trinajstić information content (AvgIpc) is 3.22. The number of aromatic amines is 1. The van der Waals surface area contributed by atoms with E-state index >= 15 is 0 Å². The Morgan fingerprint density at radius 2 is 1.92 bits per heavy atom. The number of nitrogens with zero attached hydrogens (tertiary/aromatic N) is 2. The highest BCUT2D eigenvalue weighted by Crippen LogP contribution is 2.30. The van der Waals surface area contributed by atoms with Gasteiger partial charge in [-0.25, -0.2) is 0 Å². The van der Waals surface area contributed by atoms with E-state index in [0.29, 0.717) is 5.92 Å². The Hall–Kier alpha value is -1.85. The van der Waals surface area contributed by atoms with E-state index in [4.69, 9.17) is 17.3 Å². The van der Waals surface area contributed by atoms with Gasteiger partial charge in [0, 0.05) is 47.7 Å². The molecule has 136 valence electrons. The third-order valence-electron chi connectivity index (χ3n) is 4.89. The van der Waals surface area contributed by atoms with E-state index in [1.54, 1.807) is 0 Å². The molecule has 4 nitrogen and oxygen atoms in total. The summed E-state index contributed by atoms with van der Waals surface area (Å²) in [5, 5.41) is 8.08. The maximum Gasteiger partial charge on any atom is 0.0695 e. The molecule has 0 aliphatic carbocycles. The molecule has 4 rings (SSSR count). The first kappa shape index (κ1) is 18.9. The van der Waals surface area contributed by atoms with Crippen LogP contribution >= 0.6 is 24.0 Å². The summed E-state index contributed by atoms with van der Waals surface area (Å²) in [6, 6.07) is 18.5. The molecule has 1 aromatic heterocycles. The summed E-state index contributed by atoms with van der Waals surface area (Å²) in [5.74, 6) is 0.378. The van der Waals surface area contributed by atoms with Crippen molar-refractivity contribution in [3.8, 4) is 11.3 Å². The Morgan fingerprint density at radius 3 is 2.69 bits per heavy atom. The molecule has 2 aromatic carbocycles. The Bertz CT molecular complexity index is 850. The fraction of sp³-hybridized carbons (Fsp3) is 0.250. The summed E-state index contributed by atoms with van der Waals surface area (Å²) >= 11 is 6.13. The zero-order valence-electron chi connectivity index (χ0n) is 14.3. The second-order valence-electron chi connectivity index (χ2n) is 6.66. The molecule has 0 amide bonds. The minimum absolute atomic E-state index is 0. The molecule has 0 unspecified atom stereocenters. The van der Waals surface area contributed by atoms with Gasteiger partial charge in [-0.05, 0) is 17.7 Å². The van der Waals surface area contributed by atoms with Crippen LogP contribution in [0.4, 0.5) is 0 Å². The van der Waals surface area contributed by atoms with E-state index in [1.807, 2.05) is 36.5 Å². The van der Waals surface area contributed by atoms with Crippen LogP contribution in [0, 0.1) is 0 Å². The predicted octanol–water partition coefficient (Wildman–Crippen LogP) is 4.08. The van der Waals surface area contributed by atoms with Crippen molar-refractivity contribution in [2.75, 3.05) is 13.1 Å². The van der Waals surface area contributed by atoms with Gasteiger partial charge in [-0.1, -0.05) is 54.1 Å². The summed E-state index contributed by atoms with van der Waals surface area (Å²) in [6.45, 7) is 2.68. The standard InChI is InChI=1S/C20H21ClN4.ClH/c21-17-8-4-7-15(9-17)20-16(10-23-24-20)11-25-12-18(19(22)13-25)14-5-2-1-3-6-14;/h1-10,18-19H,11-13,22H2,(H,23,24);1H/t18-,19+;/m0./s1. The van der Waals surface area contributed by atoms with Gasteiger partial charge < -0.3 is 5.73 Å². The third kappa shape index (κ3) is 3.94. The minimum atomic E-state index is 0. The molecule has 1 saturated heterocycles. The molecule has 1 aliphatic heterocycles. The Kier molecular flexibility index (Phi) is 5.99. The summed E-state index contributed by atoms with van der Waals surface area (Å²) in [7, 11) is 0. The first-order chi connectivity index (χ1) is 12.2. The largest absolute Gasteiger partial charge is 0.326 e. The van der Waals surface area contributed by atoms with E-state index in [9.17, 15) is 0 Å². The van der Waals surface area contributed by atoms with Crippen molar-refractivity contribution in [2.45, 2.75) is 18.5 Å². The Balaban J connectivity index is 0.00000196. The quantitative estimate of drug-likeness (QED) is 0.707. The molecule has 3 N–H and O–H groups in total. The first-order valence-corrected chi connectivity index (χ1v) is 8.89. The lowest BCUT2D eigenvalue weighted by Crippen LogP contribution is -2.28. The molecule has 26 heavy (non-hydrogen) atoms. The van der Waals surface area contributed by atoms with Gasteiger partial charge in [0.05, 0.1) is 11.9 Å². The van der Waals surface area contributed by atoms with Crippen molar-refractivity contribution in [3.63, 3.8) is 0 Å². The molecular weight excluding hydrogens is 367 g/mol. The number of nitrogens with one attached hydrogen (secondary N) is 1. The summed E-state index contributed by atoms with van der Waals surface area (Å²) in [6.07, 6.45) is 1.90. The van der Waals surface area contributed by atoms with Crippen LogP contribution in [0.15, 0.2) is 60.8 Å². The topological polar surface area (TPSA) is 57.9 Å². The molecule has 2 atom stereocenters. The third-order valence-corrected chi connectivity index (χ3v) is 5.13. The highest BCUT2D eigenvalue weighted by Gasteiger charge is 2.31. The van der Waals surface area contributed by atoms with Crippen molar-refractivity contribution in [3.05, 3.63) is 76.9 Å². The zero-order chi connectivity index (χ0) is 17.2. The molecule has 0 bridgehead atoms. The van der Waals surface area contributed by atoms with Crippen molar-refractivity contribution in [1.29, 1.82) is 0 Å². The van der Waals surface area contributed by atoms with Gasteiger partial charge in [0.15, 0.2) is 0 Å². The van der Waals surface area contributed by atoms with Crippen LogP contribution in [-0.2, 0) is 6.54 Å². The normalized spacial score (nSPS) is 20.1. The van der Waals surface area contributed by atoms with E-state index in [1.165, 1.54) is 11.1 Å². The Labute approximate surface area is 164 Å². The van der Waals surface area contributed by atoms with Crippen LogP contribution in [0.1, 0.15) is 17.0 Å². The number of halogens is 2. The SMILES string of the molecule is Cl.N[C@@H]1CN(Cc2cn[nH]c2-c2cccc(Cl)c2)C[C@H]1c1ccccc1. The van der Waals surface area contributed by atoms with Gasteiger partial charge >= 0.3 is 0 Å². The van der Waals surface area contributed by atoms with Gasteiger partial charge in [-0.2, -0.15) is 5.10 Å². The summed E-state index contributed by atoms with van der Waals surface area (Å²) < 4.78 is 0. The van der Waals surface area contributed by atoms with Gasteiger partial charge in [0.1, 0.15) is 0 Å². The number of likely N-dealkylation sites (tertiary alicyclic amines) is 1. The maximum absolute atomic E-state index is 6.42. The van der Waals surface area contributed by atoms with Crippen LogP contribution in [0.25, 0.3) is 11.3 Å². The number of hydrogen-bond donors (Lipinski definition) is 2. The number of aromatic nitrogens is 2.